The van der Waals surface area contributed by atoms with Gasteiger partial charge in [0.25, 0.3) is 0 Å². The van der Waals surface area contributed by atoms with Gasteiger partial charge in [-0.2, -0.15) is 0 Å². The molecule has 1 aliphatic heterocycles. The molecule has 0 saturated carbocycles. The Hall–Kier alpha value is -1.51. The van der Waals surface area contributed by atoms with Gasteiger partial charge in [0, 0.05) is 18.9 Å². The minimum atomic E-state index is 0.166. The van der Waals surface area contributed by atoms with E-state index in [2.05, 4.69) is 17.4 Å². The van der Waals surface area contributed by atoms with Crippen LogP contribution in [-0.4, -0.2) is 19.6 Å². The van der Waals surface area contributed by atoms with Gasteiger partial charge in [0.05, 0.1) is 7.11 Å². The molecule has 0 bridgehead atoms. The highest BCUT2D eigenvalue weighted by atomic mass is 16.5. The highest BCUT2D eigenvalue weighted by Gasteiger charge is 2.19. The number of nitrogens with one attached hydrogen (secondary N) is 1. The molecule has 1 fully saturated rings. The van der Waals surface area contributed by atoms with Gasteiger partial charge in [-0.05, 0) is 24.1 Å². The molecule has 3 nitrogen and oxygen atoms in total. The quantitative estimate of drug-likeness (QED) is 0.797. The van der Waals surface area contributed by atoms with E-state index in [1.54, 1.807) is 7.11 Å². The fourth-order valence-corrected chi connectivity index (χ4v) is 1.89. The molecule has 0 aromatic heterocycles. The molecule has 1 amide bonds. The zero-order chi connectivity index (χ0) is 10.7. The highest BCUT2D eigenvalue weighted by molar-refractivity contribution is 5.76. The lowest BCUT2D eigenvalue weighted by molar-refractivity contribution is -0.122. The van der Waals surface area contributed by atoms with E-state index in [1.807, 2.05) is 12.1 Å². The van der Waals surface area contributed by atoms with Gasteiger partial charge < -0.3 is 10.1 Å². The minimum Gasteiger partial charge on any atom is -0.497 e. The number of rotatable bonds is 2. The Labute approximate surface area is 89.4 Å². The molecule has 1 aromatic rings. The summed E-state index contributed by atoms with van der Waals surface area (Å²) in [6.45, 7) is 0.755. The fourth-order valence-electron chi connectivity index (χ4n) is 1.89. The summed E-state index contributed by atoms with van der Waals surface area (Å²) in [6, 6.07) is 8.07. The number of carbonyl (C=O) groups excluding carboxylic acids is 1. The molecule has 2 rings (SSSR count). The SMILES string of the molecule is COc1ccc(C2CCC(=O)NC2)cc1. The standard InChI is InChI=1S/C12H15NO2/c1-15-11-5-2-9(3-6-11)10-4-7-12(14)13-8-10/h2-3,5-6,10H,4,7-8H2,1H3,(H,13,14). The van der Waals surface area contributed by atoms with Crippen LogP contribution in [-0.2, 0) is 4.79 Å². The zero-order valence-corrected chi connectivity index (χ0v) is 8.82. The Kier molecular flexibility index (Phi) is 2.90. The molecule has 0 radical (unpaired) electrons. The van der Waals surface area contributed by atoms with Gasteiger partial charge in [0.2, 0.25) is 5.91 Å². The summed E-state index contributed by atoms with van der Waals surface area (Å²) in [4.78, 5) is 11.0. The summed E-state index contributed by atoms with van der Waals surface area (Å²) >= 11 is 0. The number of hydrogen-bond acceptors (Lipinski definition) is 2. The van der Waals surface area contributed by atoms with Gasteiger partial charge in [-0.15, -0.1) is 0 Å². The van der Waals surface area contributed by atoms with Crippen LogP contribution in [0.5, 0.6) is 5.75 Å². The number of ether oxygens (including phenoxy) is 1. The zero-order valence-electron chi connectivity index (χ0n) is 8.82. The first-order valence-electron chi connectivity index (χ1n) is 5.20. The van der Waals surface area contributed by atoms with E-state index in [0.29, 0.717) is 12.3 Å². The molecule has 1 unspecified atom stereocenters. The predicted molar refractivity (Wildman–Crippen MR) is 58.0 cm³/mol. The maximum atomic E-state index is 11.0. The van der Waals surface area contributed by atoms with Gasteiger partial charge in [0.1, 0.15) is 5.75 Å². The van der Waals surface area contributed by atoms with Crippen molar-refractivity contribution in [2.45, 2.75) is 18.8 Å². The first kappa shape index (κ1) is 10.0. The molecule has 1 N–H and O–H groups in total. The van der Waals surface area contributed by atoms with Crippen LogP contribution in [0.3, 0.4) is 0 Å². The summed E-state index contributed by atoms with van der Waals surface area (Å²) in [5.74, 6) is 1.49. The Morgan fingerprint density at radius 3 is 2.60 bits per heavy atom. The molecule has 1 saturated heterocycles. The fraction of sp³-hybridized carbons (Fsp3) is 0.417. The monoisotopic (exact) mass is 205 g/mol. The lowest BCUT2D eigenvalue weighted by Gasteiger charge is -2.22. The van der Waals surface area contributed by atoms with Crippen molar-refractivity contribution in [1.29, 1.82) is 0 Å². The molecule has 3 heteroatoms. The third-order valence-corrected chi connectivity index (χ3v) is 2.85. The van der Waals surface area contributed by atoms with Crippen molar-refractivity contribution in [3.05, 3.63) is 29.8 Å². The van der Waals surface area contributed by atoms with Crippen molar-refractivity contribution in [2.24, 2.45) is 0 Å². The largest absolute Gasteiger partial charge is 0.497 e. The second-order valence-electron chi connectivity index (χ2n) is 3.81. The van der Waals surface area contributed by atoms with E-state index < -0.39 is 0 Å². The minimum absolute atomic E-state index is 0.166. The van der Waals surface area contributed by atoms with Gasteiger partial charge in [-0.25, -0.2) is 0 Å². The molecule has 1 aliphatic rings. The topological polar surface area (TPSA) is 38.3 Å². The average molecular weight is 205 g/mol. The van der Waals surface area contributed by atoms with Gasteiger partial charge >= 0.3 is 0 Å². The second-order valence-corrected chi connectivity index (χ2v) is 3.81. The Morgan fingerprint density at radius 2 is 2.07 bits per heavy atom. The van der Waals surface area contributed by atoms with Crippen molar-refractivity contribution < 1.29 is 9.53 Å². The number of benzene rings is 1. The third-order valence-electron chi connectivity index (χ3n) is 2.85. The van der Waals surface area contributed by atoms with E-state index >= 15 is 0 Å². The summed E-state index contributed by atoms with van der Waals surface area (Å²) in [6.07, 6.45) is 1.58. The summed E-state index contributed by atoms with van der Waals surface area (Å²) < 4.78 is 5.10. The van der Waals surface area contributed by atoms with Crippen LogP contribution in [0.15, 0.2) is 24.3 Å². The number of amides is 1. The number of carbonyl (C=O) groups is 1. The Morgan fingerprint density at radius 1 is 1.33 bits per heavy atom. The summed E-state index contributed by atoms with van der Waals surface area (Å²) in [7, 11) is 1.66. The van der Waals surface area contributed by atoms with Crippen molar-refractivity contribution in [2.75, 3.05) is 13.7 Å². The molecule has 1 heterocycles. The van der Waals surface area contributed by atoms with Gasteiger partial charge in [-0.1, -0.05) is 12.1 Å². The number of piperidine rings is 1. The first-order chi connectivity index (χ1) is 7.29. The number of methoxy groups -OCH3 is 1. The smallest absolute Gasteiger partial charge is 0.220 e. The Bertz CT molecular complexity index is 335. The normalized spacial score (nSPS) is 20.9. The van der Waals surface area contributed by atoms with E-state index in [-0.39, 0.29) is 5.91 Å². The molecule has 1 aromatic carbocycles. The molecule has 80 valence electrons. The third kappa shape index (κ3) is 2.29. The van der Waals surface area contributed by atoms with Crippen molar-refractivity contribution in [3.8, 4) is 5.75 Å². The predicted octanol–water partition coefficient (Wildman–Crippen LogP) is 1.69. The molecule has 1 atom stereocenters. The van der Waals surface area contributed by atoms with Crippen LogP contribution in [0.2, 0.25) is 0 Å². The number of hydrogen-bond donors (Lipinski definition) is 1. The van der Waals surface area contributed by atoms with Crippen LogP contribution >= 0.6 is 0 Å². The van der Waals surface area contributed by atoms with E-state index in [1.165, 1.54) is 5.56 Å². The van der Waals surface area contributed by atoms with Crippen LogP contribution in [0.1, 0.15) is 24.3 Å². The average Bonchev–Trinajstić information content (AvgIpc) is 2.30. The van der Waals surface area contributed by atoms with Gasteiger partial charge in [0.15, 0.2) is 0 Å². The van der Waals surface area contributed by atoms with E-state index in [9.17, 15) is 4.79 Å². The van der Waals surface area contributed by atoms with Crippen LogP contribution in [0.4, 0.5) is 0 Å². The van der Waals surface area contributed by atoms with Crippen LogP contribution in [0.25, 0.3) is 0 Å². The summed E-state index contributed by atoms with van der Waals surface area (Å²) in [5, 5.41) is 2.89. The van der Waals surface area contributed by atoms with E-state index in [4.69, 9.17) is 4.74 Å². The summed E-state index contributed by atoms with van der Waals surface area (Å²) in [5.41, 5.74) is 1.27. The highest BCUT2D eigenvalue weighted by Crippen LogP contribution is 2.25. The Balaban J connectivity index is 2.06. The van der Waals surface area contributed by atoms with Crippen molar-refractivity contribution in [3.63, 3.8) is 0 Å². The van der Waals surface area contributed by atoms with Crippen LogP contribution < -0.4 is 10.1 Å². The van der Waals surface area contributed by atoms with Gasteiger partial charge in [-0.3, -0.25) is 4.79 Å². The maximum absolute atomic E-state index is 11.0. The van der Waals surface area contributed by atoms with Crippen molar-refractivity contribution >= 4 is 5.91 Å². The lowest BCUT2D eigenvalue weighted by Crippen LogP contribution is -2.33. The molecular formula is C12H15NO2. The molecule has 0 aliphatic carbocycles. The second kappa shape index (κ2) is 4.34. The molecule has 0 spiro atoms. The molecular weight excluding hydrogens is 190 g/mol. The van der Waals surface area contributed by atoms with Crippen molar-refractivity contribution in [1.82, 2.24) is 5.32 Å². The van der Waals surface area contributed by atoms with E-state index in [0.717, 1.165) is 18.7 Å². The maximum Gasteiger partial charge on any atom is 0.220 e. The first-order valence-corrected chi connectivity index (χ1v) is 5.20. The van der Waals surface area contributed by atoms with Crippen LogP contribution in [0, 0.1) is 0 Å². The lowest BCUT2D eigenvalue weighted by atomic mass is 9.91. The molecule has 15 heavy (non-hydrogen) atoms.